The number of morpholine rings is 1. The van der Waals surface area contributed by atoms with Gasteiger partial charge in [0.2, 0.25) is 0 Å². The molecular weight excluding hydrogens is 321 g/mol. The molecule has 1 aliphatic carbocycles. The van der Waals surface area contributed by atoms with Gasteiger partial charge in [-0.2, -0.15) is 0 Å². The summed E-state index contributed by atoms with van der Waals surface area (Å²) in [6.45, 7) is 5.70. The lowest BCUT2D eigenvalue weighted by Gasteiger charge is -2.37. The number of rotatable bonds is 4. The predicted octanol–water partition coefficient (Wildman–Crippen LogP) is 3.18. The number of urea groups is 1. The highest BCUT2D eigenvalue weighted by Gasteiger charge is 2.24. The zero-order chi connectivity index (χ0) is 17.8. The van der Waals surface area contributed by atoms with Crippen molar-refractivity contribution in [2.45, 2.75) is 64.3 Å². The van der Waals surface area contributed by atoms with Gasteiger partial charge in [0.25, 0.3) is 0 Å². The molecule has 2 fully saturated rings. The van der Waals surface area contributed by atoms with E-state index in [0.29, 0.717) is 25.3 Å². The van der Waals surface area contributed by atoms with E-state index in [1.54, 1.807) is 6.07 Å². The molecule has 0 unspecified atom stereocenters. The van der Waals surface area contributed by atoms with Crippen molar-refractivity contribution in [1.82, 2.24) is 10.6 Å². The van der Waals surface area contributed by atoms with Gasteiger partial charge in [-0.15, -0.1) is 0 Å². The minimum absolute atomic E-state index is 0.0868. The van der Waals surface area contributed by atoms with E-state index in [0.717, 1.165) is 18.4 Å². The van der Waals surface area contributed by atoms with E-state index in [2.05, 4.69) is 10.6 Å². The number of hydrogen-bond acceptors (Lipinski definition) is 3. The molecule has 6 heteroatoms. The second-order valence-corrected chi connectivity index (χ2v) is 7.26. The number of carbonyl (C=O) groups is 1. The van der Waals surface area contributed by atoms with Crippen LogP contribution in [-0.2, 0) is 11.3 Å². The molecule has 2 atom stereocenters. The van der Waals surface area contributed by atoms with Gasteiger partial charge in [0.15, 0.2) is 0 Å². The van der Waals surface area contributed by atoms with Crippen LogP contribution < -0.4 is 15.5 Å². The molecule has 1 aromatic carbocycles. The Morgan fingerprint density at radius 3 is 2.56 bits per heavy atom. The fourth-order valence-corrected chi connectivity index (χ4v) is 3.78. The third-order valence-corrected chi connectivity index (χ3v) is 4.92. The number of carbonyl (C=O) groups excluding carboxylic acids is 1. The van der Waals surface area contributed by atoms with Gasteiger partial charge in [0, 0.05) is 25.7 Å². The van der Waals surface area contributed by atoms with E-state index in [4.69, 9.17) is 4.74 Å². The highest BCUT2D eigenvalue weighted by atomic mass is 19.1. The Bertz CT molecular complexity index is 594. The molecule has 3 rings (SSSR count). The van der Waals surface area contributed by atoms with Gasteiger partial charge in [-0.3, -0.25) is 0 Å². The minimum Gasteiger partial charge on any atom is -0.372 e. The Kier molecular flexibility index (Phi) is 5.78. The van der Waals surface area contributed by atoms with E-state index in [9.17, 15) is 9.18 Å². The molecular formula is C19H28FN3O2. The van der Waals surface area contributed by atoms with Crippen LogP contribution in [0.25, 0.3) is 0 Å². The van der Waals surface area contributed by atoms with Crippen LogP contribution in [0.15, 0.2) is 18.2 Å². The number of nitrogens with zero attached hydrogens (tertiary/aromatic N) is 1. The first-order chi connectivity index (χ1) is 12.0. The lowest BCUT2D eigenvalue weighted by Crippen LogP contribution is -2.45. The van der Waals surface area contributed by atoms with E-state index in [1.807, 2.05) is 24.8 Å². The molecule has 25 heavy (non-hydrogen) atoms. The summed E-state index contributed by atoms with van der Waals surface area (Å²) in [7, 11) is 0. The summed E-state index contributed by atoms with van der Waals surface area (Å²) in [6, 6.07) is 5.29. The Labute approximate surface area is 148 Å². The van der Waals surface area contributed by atoms with Crippen molar-refractivity contribution in [2.75, 3.05) is 18.0 Å². The Balaban J connectivity index is 1.55. The summed E-state index contributed by atoms with van der Waals surface area (Å²) in [5.74, 6) is -0.253. The fraction of sp³-hybridized carbons (Fsp3) is 0.632. The molecule has 0 radical (unpaired) electrons. The first-order valence-electron chi connectivity index (χ1n) is 9.24. The normalized spacial score (nSPS) is 24.4. The molecule has 2 aliphatic rings. The van der Waals surface area contributed by atoms with Crippen molar-refractivity contribution in [3.05, 3.63) is 29.6 Å². The summed E-state index contributed by atoms with van der Waals surface area (Å²) in [6.07, 6.45) is 4.63. The van der Waals surface area contributed by atoms with Gasteiger partial charge in [-0.05, 0) is 44.4 Å². The van der Waals surface area contributed by atoms with Crippen molar-refractivity contribution < 1.29 is 13.9 Å². The van der Waals surface area contributed by atoms with Gasteiger partial charge in [-0.1, -0.05) is 18.9 Å². The number of benzene rings is 1. The smallest absolute Gasteiger partial charge is 0.315 e. The van der Waals surface area contributed by atoms with Crippen molar-refractivity contribution in [3.63, 3.8) is 0 Å². The molecule has 1 aliphatic heterocycles. The molecule has 0 aromatic heterocycles. The fourth-order valence-electron chi connectivity index (χ4n) is 3.78. The van der Waals surface area contributed by atoms with Crippen LogP contribution in [0.5, 0.6) is 0 Å². The number of anilines is 1. The van der Waals surface area contributed by atoms with Gasteiger partial charge < -0.3 is 20.3 Å². The third-order valence-electron chi connectivity index (χ3n) is 4.92. The lowest BCUT2D eigenvalue weighted by molar-refractivity contribution is -0.00539. The largest absolute Gasteiger partial charge is 0.372 e. The first-order valence-corrected chi connectivity index (χ1v) is 9.24. The monoisotopic (exact) mass is 349 g/mol. The standard InChI is InChI=1S/C19H28FN3O2/c1-13-11-23(12-14(2)25-13)18-8-7-15(9-17(18)20)10-21-19(24)22-16-5-3-4-6-16/h7-9,13-14,16H,3-6,10-12H2,1-2H3,(H2,21,22,24)/t13-,14+. The molecule has 2 amide bonds. The van der Waals surface area contributed by atoms with Crippen molar-refractivity contribution >= 4 is 11.7 Å². The predicted molar refractivity (Wildman–Crippen MR) is 96.2 cm³/mol. The Hall–Kier alpha value is -1.82. The highest BCUT2D eigenvalue weighted by Crippen LogP contribution is 2.24. The molecule has 1 saturated carbocycles. The SMILES string of the molecule is C[C@@H]1CN(c2ccc(CNC(=O)NC3CCCC3)cc2F)C[C@H](C)O1. The number of hydrogen-bond donors (Lipinski definition) is 2. The van der Waals surface area contributed by atoms with Crippen LogP contribution in [0, 0.1) is 5.82 Å². The van der Waals surface area contributed by atoms with Gasteiger partial charge in [0.1, 0.15) is 5.82 Å². The van der Waals surface area contributed by atoms with E-state index < -0.39 is 0 Å². The lowest BCUT2D eigenvalue weighted by atomic mass is 10.1. The summed E-state index contributed by atoms with van der Waals surface area (Å²) in [4.78, 5) is 13.9. The topological polar surface area (TPSA) is 53.6 Å². The average Bonchev–Trinajstić information content (AvgIpc) is 3.05. The Morgan fingerprint density at radius 2 is 1.92 bits per heavy atom. The average molecular weight is 349 g/mol. The van der Waals surface area contributed by atoms with Gasteiger partial charge in [-0.25, -0.2) is 9.18 Å². The highest BCUT2D eigenvalue weighted by molar-refractivity contribution is 5.74. The van der Waals surface area contributed by atoms with Crippen LogP contribution in [0.3, 0.4) is 0 Å². The Morgan fingerprint density at radius 1 is 1.24 bits per heavy atom. The molecule has 1 aromatic rings. The van der Waals surface area contributed by atoms with Gasteiger partial charge >= 0.3 is 6.03 Å². The second-order valence-electron chi connectivity index (χ2n) is 7.26. The number of halogens is 1. The summed E-state index contributed by atoms with van der Waals surface area (Å²) >= 11 is 0. The molecule has 5 nitrogen and oxygen atoms in total. The van der Waals surface area contributed by atoms with Crippen LogP contribution in [0.2, 0.25) is 0 Å². The minimum atomic E-state index is -0.253. The number of ether oxygens (including phenoxy) is 1. The zero-order valence-corrected chi connectivity index (χ0v) is 15.1. The maximum atomic E-state index is 14.5. The van der Waals surface area contributed by atoms with Gasteiger partial charge in [0.05, 0.1) is 17.9 Å². The molecule has 2 N–H and O–H groups in total. The first kappa shape index (κ1) is 18.0. The third kappa shape index (κ3) is 4.84. The summed E-state index contributed by atoms with van der Waals surface area (Å²) in [5.41, 5.74) is 1.36. The maximum absolute atomic E-state index is 14.5. The molecule has 1 heterocycles. The summed E-state index contributed by atoms with van der Waals surface area (Å²) in [5, 5.41) is 5.79. The maximum Gasteiger partial charge on any atom is 0.315 e. The number of nitrogens with one attached hydrogen (secondary N) is 2. The molecule has 0 bridgehead atoms. The van der Waals surface area contributed by atoms with E-state index in [-0.39, 0.29) is 30.1 Å². The quantitative estimate of drug-likeness (QED) is 0.878. The number of amides is 2. The molecule has 1 saturated heterocycles. The molecule has 0 spiro atoms. The molecule has 138 valence electrons. The van der Waals surface area contributed by atoms with Crippen LogP contribution in [0.1, 0.15) is 45.1 Å². The van der Waals surface area contributed by atoms with E-state index >= 15 is 0 Å². The van der Waals surface area contributed by atoms with Crippen LogP contribution in [-0.4, -0.2) is 37.4 Å². The zero-order valence-electron chi connectivity index (χ0n) is 15.1. The van der Waals surface area contributed by atoms with Crippen LogP contribution in [0.4, 0.5) is 14.9 Å². The summed E-state index contributed by atoms with van der Waals surface area (Å²) < 4.78 is 20.2. The van der Waals surface area contributed by atoms with Crippen molar-refractivity contribution in [2.24, 2.45) is 0 Å². The van der Waals surface area contributed by atoms with Crippen molar-refractivity contribution in [1.29, 1.82) is 0 Å². The second kappa shape index (κ2) is 8.04. The van der Waals surface area contributed by atoms with Crippen LogP contribution >= 0.6 is 0 Å². The van der Waals surface area contributed by atoms with Crippen molar-refractivity contribution in [3.8, 4) is 0 Å². The van der Waals surface area contributed by atoms with E-state index in [1.165, 1.54) is 18.9 Å².